The van der Waals surface area contributed by atoms with E-state index in [0.29, 0.717) is 10.5 Å². The Kier molecular flexibility index (Phi) is 4.31. The van der Waals surface area contributed by atoms with Crippen molar-refractivity contribution in [1.82, 2.24) is 10.2 Å². The number of rotatable bonds is 4. The Hall–Kier alpha value is -0.980. The molecule has 0 unspecified atom stereocenters. The molecule has 1 aromatic rings. The molecule has 2 rings (SSSR count). The molecule has 1 aliphatic rings. The van der Waals surface area contributed by atoms with E-state index in [-0.39, 0.29) is 18.1 Å². The molecule has 4 nitrogen and oxygen atoms in total. The Morgan fingerprint density at radius 1 is 1.61 bits per heavy atom. The van der Waals surface area contributed by atoms with Gasteiger partial charge in [-0.2, -0.15) is 0 Å². The number of likely N-dealkylation sites (N-methyl/N-ethyl adjacent to an activating group) is 1. The Balaban J connectivity index is 1.90. The summed E-state index contributed by atoms with van der Waals surface area (Å²) in [5.41, 5.74) is 0.211. The van der Waals surface area contributed by atoms with E-state index in [4.69, 9.17) is 0 Å². The summed E-state index contributed by atoms with van der Waals surface area (Å²) >= 11 is 3.17. The first kappa shape index (κ1) is 13.5. The lowest BCUT2D eigenvalue weighted by molar-refractivity contribution is -0.117. The van der Waals surface area contributed by atoms with Crippen LogP contribution in [-0.4, -0.2) is 43.5 Å². The predicted molar refractivity (Wildman–Crippen MR) is 72.0 cm³/mol. The van der Waals surface area contributed by atoms with Crippen LogP contribution in [0.1, 0.15) is 0 Å². The minimum Gasteiger partial charge on any atom is -0.322 e. The van der Waals surface area contributed by atoms with Gasteiger partial charge in [0.15, 0.2) is 0 Å². The van der Waals surface area contributed by atoms with Crippen LogP contribution < -0.4 is 10.6 Å². The third-order valence-electron chi connectivity index (χ3n) is 2.98. The molecule has 1 fully saturated rings. The largest absolute Gasteiger partial charge is 0.322 e. The highest BCUT2D eigenvalue weighted by molar-refractivity contribution is 9.10. The van der Waals surface area contributed by atoms with Crippen molar-refractivity contribution in [1.29, 1.82) is 0 Å². The fraction of sp³-hybridized carbons (Fsp3) is 0.417. The van der Waals surface area contributed by atoms with Gasteiger partial charge in [-0.1, -0.05) is 15.9 Å². The number of benzene rings is 1. The number of hydrogen-bond acceptors (Lipinski definition) is 3. The first-order valence-corrected chi connectivity index (χ1v) is 6.51. The molecule has 1 saturated heterocycles. The first-order valence-electron chi connectivity index (χ1n) is 5.72. The van der Waals surface area contributed by atoms with Crippen LogP contribution in [0.4, 0.5) is 10.1 Å². The lowest BCUT2D eigenvalue weighted by Gasteiger charge is -2.35. The van der Waals surface area contributed by atoms with Gasteiger partial charge in [0.05, 0.1) is 12.2 Å². The third-order valence-corrected chi connectivity index (χ3v) is 3.47. The van der Waals surface area contributed by atoms with Gasteiger partial charge in [-0.05, 0) is 25.2 Å². The van der Waals surface area contributed by atoms with E-state index >= 15 is 0 Å². The molecule has 1 aromatic carbocycles. The van der Waals surface area contributed by atoms with E-state index in [9.17, 15) is 9.18 Å². The van der Waals surface area contributed by atoms with Crippen LogP contribution in [0.3, 0.4) is 0 Å². The van der Waals surface area contributed by atoms with E-state index in [1.807, 2.05) is 11.9 Å². The maximum absolute atomic E-state index is 13.5. The second kappa shape index (κ2) is 5.77. The molecule has 0 spiro atoms. The van der Waals surface area contributed by atoms with Crippen molar-refractivity contribution >= 4 is 27.5 Å². The maximum atomic E-state index is 13.5. The topological polar surface area (TPSA) is 44.4 Å². The number of carbonyl (C=O) groups is 1. The summed E-state index contributed by atoms with van der Waals surface area (Å²) in [5.74, 6) is -0.642. The highest BCUT2D eigenvalue weighted by atomic mass is 79.9. The van der Waals surface area contributed by atoms with E-state index < -0.39 is 5.82 Å². The van der Waals surface area contributed by atoms with Crippen molar-refractivity contribution in [2.45, 2.75) is 6.04 Å². The van der Waals surface area contributed by atoms with E-state index in [0.717, 1.165) is 13.1 Å². The molecular formula is C12H15BrFN3O. The number of hydrogen-bond donors (Lipinski definition) is 2. The number of nitrogens with one attached hydrogen (secondary N) is 2. The molecule has 0 saturated carbocycles. The average molecular weight is 316 g/mol. The molecule has 2 N–H and O–H groups in total. The fourth-order valence-corrected chi connectivity index (χ4v) is 2.05. The van der Waals surface area contributed by atoms with Gasteiger partial charge < -0.3 is 10.6 Å². The summed E-state index contributed by atoms with van der Waals surface area (Å²) in [4.78, 5) is 13.7. The van der Waals surface area contributed by atoms with Crippen molar-refractivity contribution in [2.24, 2.45) is 0 Å². The number of nitrogens with zero attached hydrogens (tertiary/aromatic N) is 1. The second-order valence-corrected chi connectivity index (χ2v) is 5.32. The highest BCUT2D eigenvalue weighted by Crippen LogP contribution is 2.19. The van der Waals surface area contributed by atoms with Crippen molar-refractivity contribution in [3.05, 3.63) is 28.5 Å². The van der Waals surface area contributed by atoms with Gasteiger partial charge in [-0.15, -0.1) is 0 Å². The Bertz CT molecular complexity index is 451. The van der Waals surface area contributed by atoms with Crippen molar-refractivity contribution in [3.8, 4) is 0 Å². The Labute approximate surface area is 114 Å². The van der Waals surface area contributed by atoms with Gasteiger partial charge in [0.1, 0.15) is 5.82 Å². The first-order chi connectivity index (χ1) is 8.56. The van der Waals surface area contributed by atoms with Gasteiger partial charge in [0.2, 0.25) is 5.91 Å². The molecule has 98 valence electrons. The van der Waals surface area contributed by atoms with Crippen LogP contribution in [0, 0.1) is 5.82 Å². The van der Waals surface area contributed by atoms with Gasteiger partial charge in [-0.25, -0.2) is 4.39 Å². The Morgan fingerprint density at radius 3 is 2.89 bits per heavy atom. The van der Waals surface area contributed by atoms with Crippen LogP contribution >= 0.6 is 15.9 Å². The molecule has 0 aromatic heterocycles. The zero-order chi connectivity index (χ0) is 13.1. The number of anilines is 1. The summed E-state index contributed by atoms with van der Waals surface area (Å²) < 4.78 is 14.2. The van der Waals surface area contributed by atoms with Crippen molar-refractivity contribution in [3.63, 3.8) is 0 Å². The van der Waals surface area contributed by atoms with E-state index in [1.165, 1.54) is 6.07 Å². The zero-order valence-corrected chi connectivity index (χ0v) is 11.6. The summed E-state index contributed by atoms with van der Waals surface area (Å²) in [7, 11) is 1.89. The van der Waals surface area contributed by atoms with E-state index in [1.54, 1.807) is 12.1 Å². The molecule has 1 amide bonds. The van der Waals surface area contributed by atoms with Crippen molar-refractivity contribution in [2.75, 3.05) is 32.0 Å². The molecule has 0 aliphatic carbocycles. The normalized spacial score (nSPS) is 15.6. The SMILES string of the molecule is CN(CC(=O)Nc1ccc(Br)cc1F)C1CNC1. The summed E-state index contributed by atoms with van der Waals surface area (Å²) in [6.45, 7) is 2.06. The molecule has 18 heavy (non-hydrogen) atoms. The number of halogens is 2. The number of amides is 1. The fourth-order valence-electron chi connectivity index (χ4n) is 1.72. The lowest BCUT2D eigenvalue weighted by Crippen LogP contribution is -2.57. The van der Waals surface area contributed by atoms with Crippen LogP contribution in [0.5, 0.6) is 0 Å². The second-order valence-electron chi connectivity index (χ2n) is 4.40. The predicted octanol–water partition coefficient (Wildman–Crippen LogP) is 1.43. The van der Waals surface area contributed by atoms with Gasteiger partial charge in [0.25, 0.3) is 0 Å². The van der Waals surface area contributed by atoms with Gasteiger partial charge >= 0.3 is 0 Å². The monoisotopic (exact) mass is 315 g/mol. The molecular weight excluding hydrogens is 301 g/mol. The van der Waals surface area contributed by atoms with E-state index in [2.05, 4.69) is 26.6 Å². The molecule has 1 aliphatic heterocycles. The summed E-state index contributed by atoms with van der Waals surface area (Å²) in [6, 6.07) is 4.96. The van der Waals surface area contributed by atoms with Gasteiger partial charge in [-0.3, -0.25) is 9.69 Å². The third kappa shape index (κ3) is 3.28. The molecule has 0 radical (unpaired) electrons. The molecule has 1 heterocycles. The Morgan fingerprint density at radius 2 is 2.33 bits per heavy atom. The lowest BCUT2D eigenvalue weighted by atomic mass is 10.1. The summed E-state index contributed by atoms with van der Waals surface area (Å²) in [6.07, 6.45) is 0. The quantitative estimate of drug-likeness (QED) is 0.883. The van der Waals surface area contributed by atoms with Crippen LogP contribution in [0.25, 0.3) is 0 Å². The minimum absolute atomic E-state index is 0.203. The molecule has 6 heteroatoms. The van der Waals surface area contributed by atoms with Crippen LogP contribution in [0.2, 0.25) is 0 Å². The smallest absolute Gasteiger partial charge is 0.238 e. The molecule has 0 bridgehead atoms. The van der Waals surface area contributed by atoms with Gasteiger partial charge in [0, 0.05) is 23.6 Å². The van der Waals surface area contributed by atoms with Crippen molar-refractivity contribution < 1.29 is 9.18 Å². The molecule has 0 atom stereocenters. The number of carbonyl (C=O) groups excluding carboxylic acids is 1. The van der Waals surface area contributed by atoms with Crippen LogP contribution in [-0.2, 0) is 4.79 Å². The minimum atomic E-state index is -0.439. The average Bonchev–Trinajstić information content (AvgIpc) is 2.19. The summed E-state index contributed by atoms with van der Waals surface area (Å²) in [5, 5.41) is 5.72. The standard InChI is InChI=1S/C12H15BrFN3O/c1-17(9-5-15-6-9)7-12(18)16-11-3-2-8(13)4-10(11)14/h2-4,9,15H,5-7H2,1H3,(H,16,18). The highest BCUT2D eigenvalue weighted by Gasteiger charge is 2.23. The van der Waals surface area contributed by atoms with Crippen LogP contribution in [0.15, 0.2) is 22.7 Å². The maximum Gasteiger partial charge on any atom is 0.238 e. The zero-order valence-electron chi connectivity index (χ0n) is 10.0.